The van der Waals surface area contributed by atoms with E-state index in [1.54, 1.807) is 55.6 Å². The van der Waals surface area contributed by atoms with Crippen molar-refractivity contribution in [1.82, 2.24) is 5.32 Å². The van der Waals surface area contributed by atoms with Crippen molar-refractivity contribution in [1.29, 1.82) is 0 Å². The smallest absolute Gasteiger partial charge is 0.251 e. The van der Waals surface area contributed by atoms with E-state index in [1.165, 1.54) is 6.92 Å². The molecule has 0 spiro atoms. The summed E-state index contributed by atoms with van der Waals surface area (Å²) in [6.07, 6.45) is 0. The van der Waals surface area contributed by atoms with E-state index < -0.39 is 0 Å². The lowest BCUT2D eigenvalue weighted by atomic mass is 10.1. The molecule has 124 valence electrons. The van der Waals surface area contributed by atoms with E-state index >= 15 is 0 Å². The van der Waals surface area contributed by atoms with Crippen LogP contribution in [0.2, 0.25) is 0 Å². The molecule has 0 saturated heterocycles. The van der Waals surface area contributed by atoms with Gasteiger partial charge in [-0.2, -0.15) is 0 Å². The van der Waals surface area contributed by atoms with Gasteiger partial charge in [0.05, 0.1) is 13.7 Å². The van der Waals surface area contributed by atoms with E-state index in [1.807, 2.05) is 0 Å². The molecule has 0 atom stereocenters. The molecule has 2 aromatic carbocycles. The molecule has 0 unspecified atom stereocenters. The Balaban J connectivity index is 1.85. The molecule has 6 nitrogen and oxygen atoms in total. The molecule has 2 amide bonds. The fourth-order valence-corrected chi connectivity index (χ4v) is 2.00. The lowest BCUT2D eigenvalue weighted by Gasteiger charge is -2.08. The topological polar surface area (TPSA) is 84.5 Å². The molecule has 6 heteroatoms. The Labute approximate surface area is 139 Å². The van der Waals surface area contributed by atoms with Crippen molar-refractivity contribution < 1.29 is 19.1 Å². The zero-order chi connectivity index (χ0) is 17.5. The van der Waals surface area contributed by atoms with Crippen LogP contribution in [0.5, 0.6) is 5.75 Å². The molecule has 0 saturated carbocycles. The second kappa shape index (κ2) is 7.92. The van der Waals surface area contributed by atoms with Crippen LogP contribution in [0.25, 0.3) is 0 Å². The molecule has 2 aromatic rings. The highest BCUT2D eigenvalue weighted by Crippen LogP contribution is 2.11. The first kappa shape index (κ1) is 17.2. The van der Waals surface area contributed by atoms with Gasteiger partial charge in [0.2, 0.25) is 5.91 Å². The zero-order valence-electron chi connectivity index (χ0n) is 13.5. The summed E-state index contributed by atoms with van der Waals surface area (Å²) < 4.78 is 5.02. The third kappa shape index (κ3) is 4.67. The molecule has 24 heavy (non-hydrogen) atoms. The van der Waals surface area contributed by atoms with Crippen LogP contribution >= 0.6 is 0 Å². The predicted octanol–water partition coefficient (Wildman–Crippen LogP) is 2.27. The lowest BCUT2D eigenvalue weighted by molar-refractivity contribution is -0.115. The van der Waals surface area contributed by atoms with Gasteiger partial charge in [-0.3, -0.25) is 14.4 Å². The number of anilines is 1. The minimum atomic E-state index is -0.354. The van der Waals surface area contributed by atoms with Crippen molar-refractivity contribution >= 4 is 23.3 Å². The Morgan fingerprint density at radius 3 is 2.04 bits per heavy atom. The molecule has 2 N–H and O–H groups in total. The first-order chi connectivity index (χ1) is 11.5. The minimum Gasteiger partial charge on any atom is -0.497 e. The summed E-state index contributed by atoms with van der Waals surface area (Å²) in [5, 5.41) is 5.19. The number of Topliss-reactive ketones (excluding diaryl/α,β-unsaturated/α-hetero) is 1. The normalized spacial score (nSPS) is 9.92. The molecule has 0 heterocycles. The Hall–Kier alpha value is -3.15. The molecular weight excluding hydrogens is 308 g/mol. The van der Waals surface area contributed by atoms with Gasteiger partial charge in [-0.1, -0.05) is 0 Å². The fourth-order valence-electron chi connectivity index (χ4n) is 2.00. The van der Waals surface area contributed by atoms with Crippen molar-refractivity contribution in [3.8, 4) is 5.75 Å². The van der Waals surface area contributed by atoms with Gasteiger partial charge < -0.3 is 15.4 Å². The van der Waals surface area contributed by atoms with E-state index in [4.69, 9.17) is 4.74 Å². The van der Waals surface area contributed by atoms with E-state index in [9.17, 15) is 14.4 Å². The third-order valence-corrected chi connectivity index (χ3v) is 3.34. The average Bonchev–Trinajstić information content (AvgIpc) is 2.60. The molecule has 0 aliphatic rings. The van der Waals surface area contributed by atoms with Crippen molar-refractivity contribution in [3.05, 3.63) is 59.7 Å². The van der Waals surface area contributed by atoms with Gasteiger partial charge in [-0.05, 0) is 55.5 Å². The maximum Gasteiger partial charge on any atom is 0.251 e. The minimum absolute atomic E-state index is 0.0420. The highest BCUT2D eigenvalue weighted by molar-refractivity contribution is 5.99. The Bertz CT molecular complexity index is 737. The van der Waals surface area contributed by atoms with Crippen molar-refractivity contribution in [2.45, 2.75) is 6.92 Å². The summed E-state index contributed by atoms with van der Waals surface area (Å²) in [5.41, 5.74) is 1.57. The first-order valence-electron chi connectivity index (χ1n) is 7.32. The number of ketones is 1. The Kier molecular flexibility index (Phi) is 5.68. The van der Waals surface area contributed by atoms with Gasteiger partial charge in [0.15, 0.2) is 5.78 Å². The van der Waals surface area contributed by atoms with E-state index in [0.29, 0.717) is 22.6 Å². The Morgan fingerprint density at radius 2 is 1.50 bits per heavy atom. The predicted molar refractivity (Wildman–Crippen MR) is 90.4 cm³/mol. The highest BCUT2D eigenvalue weighted by Gasteiger charge is 2.09. The molecule has 0 fully saturated rings. The molecule has 0 aliphatic heterocycles. The van der Waals surface area contributed by atoms with Crippen LogP contribution in [-0.2, 0) is 4.79 Å². The molecular formula is C18H18N2O4. The van der Waals surface area contributed by atoms with Gasteiger partial charge in [-0.25, -0.2) is 0 Å². The number of nitrogens with one attached hydrogen (secondary N) is 2. The third-order valence-electron chi connectivity index (χ3n) is 3.34. The van der Waals surface area contributed by atoms with Crippen LogP contribution in [0.3, 0.4) is 0 Å². The van der Waals surface area contributed by atoms with E-state index in [0.717, 1.165) is 0 Å². The Morgan fingerprint density at radius 1 is 0.917 bits per heavy atom. The summed E-state index contributed by atoms with van der Waals surface area (Å²) in [6, 6.07) is 13.1. The first-order valence-corrected chi connectivity index (χ1v) is 7.32. The number of hydrogen-bond donors (Lipinski definition) is 2. The van der Waals surface area contributed by atoms with Crippen LogP contribution in [0, 0.1) is 0 Å². The summed E-state index contributed by atoms with van der Waals surface area (Å²) in [5.74, 6) is -0.0925. The maximum atomic E-state index is 12.0. The van der Waals surface area contributed by atoms with Gasteiger partial charge in [0.1, 0.15) is 5.75 Å². The van der Waals surface area contributed by atoms with Gasteiger partial charge in [0.25, 0.3) is 5.91 Å². The van der Waals surface area contributed by atoms with Crippen LogP contribution in [-0.4, -0.2) is 31.3 Å². The number of benzene rings is 2. The van der Waals surface area contributed by atoms with Crippen LogP contribution in [0.15, 0.2) is 48.5 Å². The summed E-state index contributed by atoms with van der Waals surface area (Å²) in [7, 11) is 1.54. The lowest BCUT2D eigenvalue weighted by Crippen LogP contribution is -2.32. The van der Waals surface area contributed by atoms with Crippen molar-refractivity contribution in [2.75, 3.05) is 19.0 Å². The quantitative estimate of drug-likeness (QED) is 0.798. The molecule has 0 radical (unpaired) electrons. The van der Waals surface area contributed by atoms with Crippen molar-refractivity contribution in [2.24, 2.45) is 0 Å². The number of ether oxygens (including phenoxy) is 1. The standard InChI is InChI=1S/C18H18N2O4/c1-12(21)13-3-7-15(8-4-13)20-17(22)11-19-18(23)14-5-9-16(24-2)10-6-14/h3-10H,11H2,1-2H3,(H,19,23)(H,20,22). The van der Waals surface area contributed by atoms with Gasteiger partial charge in [-0.15, -0.1) is 0 Å². The molecule has 0 aliphatic carbocycles. The monoisotopic (exact) mass is 326 g/mol. The SMILES string of the molecule is COc1ccc(C(=O)NCC(=O)Nc2ccc(C(C)=O)cc2)cc1. The van der Waals surface area contributed by atoms with Crippen LogP contribution in [0.1, 0.15) is 27.6 Å². The van der Waals surface area contributed by atoms with Gasteiger partial charge >= 0.3 is 0 Å². The number of amides is 2. The largest absolute Gasteiger partial charge is 0.497 e. The molecule has 0 aromatic heterocycles. The number of hydrogen-bond acceptors (Lipinski definition) is 4. The zero-order valence-corrected chi connectivity index (χ0v) is 13.5. The molecule has 0 bridgehead atoms. The van der Waals surface area contributed by atoms with Crippen LogP contribution < -0.4 is 15.4 Å². The maximum absolute atomic E-state index is 12.0. The second-order valence-electron chi connectivity index (χ2n) is 5.09. The van der Waals surface area contributed by atoms with Gasteiger partial charge in [0, 0.05) is 16.8 Å². The summed E-state index contributed by atoms with van der Waals surface area (Å²) >= 11 is 0. The van der Waals surface area contributed by atoms with Crippen LogP contribution in [0.4, 0.5) is 5.69 Å². The highest BCUT2D eigenvalue weighted by atomic mass is 16.5. The fraction of sp³-hybridized carbons (Fsp3) is 0.167. The molecule has 2 rings (SSSR count). The second-order valence-corrected chi connectivity index (χ2v) is 5.09. The average molecular weight is 326 g/mol. The number of carbonyl (C=O) groups excluding carboxylic acids is 3. The van der Waals surface area contributed by atoms with E-state index in [2.05, 4.69) is 10.6 Å². The van der Waals surface area contributed by atoms with E-state index in [-0.39, 0.29) is 24.1 Å². The number of rotatable bonds is 6. The summed E-state index contributed by atoms with van der Waals surface area (Å²) in [4.78, 5) is 35.0. The number of carbonyl (C=O) groups is 3. The summed E-state index contributed by atoms with van der Waals surface area (Å²) in [6.45, 7) is 1.32. The van der Waals surface area contributed by atoms with Crippen molar-refractivity contribution in [3.63, 3.8) is 0 Å². The number of methoxy groups -OCH3 is 1.